The molecule has 2 aromatic heterocycles. The number of hydrogen-bond donors (Lipinski definition) is 1. The van der Waals surface area contributed by atoms with Gasteiger partial charge in [-0.25, -0.2) is 9.97 Å². The maximum absolute atomic E-state index is 12.4. The van der Waals surface area contributed by atoms with E-state index in [1.165, 1.54) is 19.2 Å². The largest absolute Gasteiger partial charge is 0.383 e. The number of carbonyl (C=O) groups is 1. The highest BCUT2D eigenvalue weighted by Gasteiger charge is 2.24. The molecule has 0 atom stereocenters. The van der Waals surface area contributed by atoms with Gasteiger partial charge in [0.15, 0.2) is 5.78 Å². The summed E-state index contributed by atoms with van der Waals surface area (Å²) in [6.45, 7) is 1.67. The zero-order valence-electron chi connectivity index (χ0n) is 16.9. The van der Waals surface area contributed by atoms with Gasteiger partial charge in [-0.1, -0.05) is 24.0 Å². The fourth-order valence-electron chi connectivity index (χ4n) is 3.33. The van der Waals surface area contributed by atoms with E-state index in [2.05, 4.69) is 31.3 Å². The van der Waals surface area contributed by atoms with Crippen molar-refractivity contribution in [3.63, 3.8) is 0 Å². The zero-order chi connectivity index (χ0) is 20.4. The third-order valence-electron chi connectivity index (χ3n) is 5.17. The van der Waals surface area contributed by atoms with Gasteiger partial charge in [0.05, 0.1) is 10.9 Å². The lowest BCUT2D eigenvalue weighted by Crippen LogP contribution is -2.18. The molecule has 1 aliphatic carbocycles. The number of hydrogen-bond acceptors (Lipinski definition) is 5. The van der Waals surface area contributed by atoms with Crippen LogP contribution in [0.1, 0.15) is 40.7 Å². The average molecular weight is 387 g/mol. The molecule has 0 saturated heterocycles. The molecule has 6 heteroatoms. The summed E-state index contributed by atoms with van der Waals surface area (Å²) in [6.07, 6.45) is 6.45. The average Bonchev–Trinajstić information content (AvgIpc) is 3.44. The van der Waals surface area contributed by atoms with Crippen molar-refractivity contribution in [1.82, 2.24) is 19.4 Å². The van der Waals surface area contributed by atoms with E-state index >= 15 is 0 Å². The molecule has 29 heavy (non-hydrogen) atoms. The standard InChI is InChI=1S/C23H25N5O/c1-27(2)10-11-28-14-19(21-22(24)25-15-26-23(21)28)9-8-16-4-3-5-18(12-16)20(29)13-17-6-7-17/h3-5,12,14-15,17H,6-7,10-11,13H2,1-2H3,(H2,24,25,26). The summed E-state index contributed by atoms with van der Waals surface area (Å²) in [6, 6.07) is 7.56. The molecule has 0 bridgehead atoms. The number of Topliss-reactive ketones (excluding diaryl/α,β-unsaturated/α-hetero) is 1. The fourth-order valence-corrected chi connectivity index (χ4v) is 3.33. The third-order valence-corrected chi connectivity index (χ3v) is 5.17. The van der Waals surface area contributed by atoms with Crippen molar-refractivity contribution in [3.05, 3.63) is 53.5 Å². The van der Waals surface area contributed by atoms with Crippen LogP contribution in [-0.4, -0.2) is 45.9 Å². The summed E-state index contributed by atoms with van der Waals surface area (Å²) < 4.78 is 2.06. The van der Waals surface area contributed by atoms with Gasteiger partial charge >= 0.3 is 0 Å². The number of aromatic nitrogens is 3. The summed E-state index contributed by atoms with van der Waals surface area (Å²) in [4.78, 5) is 23.0. The van der Waals surface area contributed by atoms with E-state index in [0.29, 0.717) is 18.2 Å². The maximum Gasteiger partial charge on any atom is 0.163 e. The molecular weight excluding hydrogens is 362 g/mol. The van der Waals surface area contributed by atoms with E-state index in [1.54, 1.807) is 0 Å². The molecule has 1 aliphatic rings. The first kappa shape index (κ1) is 19.2. The summed E-state index contributed by atoms with van der Waals surface area (Å²) in [5, 5.41) is 0.778. The van der Waals surface area contributed by atoms with Crippen molar-refractivity contribution < 1.29 is 4.79 Å². The van der Waals surface area contributed by atoms with Crippen molar-refractivity contribution >= 4 is 22.6 Å². The molecule has 1 aromatic carbocycles. The van der Waals surface area contributed by atoms with E-state index in [1.807, 2.05) is 44.6 Å². The SMILES string of the molecule is CN(C)CCn1cc(C#Cc2cccc(C(=O)CC3CC3)c2)c2c(N)ncnc21. The molecule has 148 valence electrons. The minimum absolute atomic E-state index is 0.203. The van der Waals surface area contributed by atoms with E-state index < -0.39 is 0 Å². The Morgan fingerprint density at radius 3 is 2.86 bits per heavy atom. The molecule has 0 unspecified atom stereocenters. The molecule has 6 nitrogen and oxygen atoms in total. The minimum atomic E-state index is 0.203. The number of carbonyl (C=O) groups excluding carboxylic acids is 1. The summed E-state index contributed by atoms with van der Waals surface area (Å²) in [5.74, 6) is 7.61. The molecule has 4 rings (SSSR count). The van der Waals surface area contributed by atoms with Crippen LogP contribution in [0.4, 0.5) is 5.82 Å². The quantitative estimate of drug-likeness (QED) is 0.520. The highest BCUT2D eigenvalue weighted by molar-refractivity contribution is 5.96. The highest BCUT2D eigenvalue weighted by atomic mass is 16.1. The summed E-state index contributed by atoms with van der Waals surface area (Å²) in [5.41, 5.74) is 9.26. The second-order valence-electron chi connectivity index (χ2n) is 7.90. The number of ketones is 1. The van der Waals surface area contributed by atoms with Crippen LogP contribution in [0.5, 0.6) is 0 Å². The number of fused-ring (bicyclic) bond motifs is 1. The van der Waals surface area contributed by atoms with Gasteiger partial charge in [0.25, 0.3) is 0 Å². The number of rotatable bonds is 6. The van der Waals surface area contributed by atoms with Crippen molar-refractivity contribution in [2.24, 2.45) is 5.92 Å². The predicted molar refractivity (Wildman–Crippen MR) is 115 cm³/mol. The lowest BCUT2D eigenvalue weighted by Gasteiger charge is -2.10. The van der Waals surface area contributed by atoms with Crippen molar-refractivity contribution in [1.29, 1.82) is 0 Å². The lowest BCUT2D eigenvalue weighted by molar-refractivity contribution is 0.0976. The monoisotopic (exact) mass is 387 g/mol. The molecule has 0 radical (unpaired) electrons. The molecule has 3 aromatic rings. The Hall–Kier alpha value is -3.17. The first-order chi connectivity index (χ1) is 14.0. The fraction of sp³-hybridized carbons (Fsp3) is 0.348. The van der Waals surface area contributed by atoms with Gasteiger partial charge in [-0.05, 0) is 45.0 Å². The molecule has 2 N–H and O–H groups in total. The topological polar surface area (TPSA) is 77.0 Å². The third kappa shape index (κ3) is 4.47. The summed E-state index contributed by atoms with van der Waals surface area (Å²) in [7, 11) is 4.07. The Kier molecular flexibility index (Phi) is 5.32. The zero-order valence-corrected chi connectivity index (χ0v) is 16.9. The number of likely N-dealkylation sites (N-methyl/N-ethyl adjacent to an activating group) is 1. The van der Waals surface area contributed by atoms with Crippen LogP contribution in [0, 0.1) is 17.8 Å². The Morgan fingerprint density at radius 1 is 1.28 bits per heavy atom. The number of nitrogens with two attached hydrogens (primary N) is 1. The molecule has 1 fully saturated rings. The first-order valence-electron chi connectivity index (χ1n) is 9.90. The Bertz CT molecular complexity index is 1120. The number of benzene rings is 1. The first-order valence-corrected chi connectivity index (χ1v) is 9.90. The smallest absolute Gasteiger partial charge is 0.163 e. The van der Waals surface area contributed by atoms with Gasteiger partial charge in [0.2, 0.25) is 0 Å². The Labute approximate surface area is 170 Å². The van der Waals surface area contributed by atoms with Crippen LogP contribution >= 0.6 is 0 Å². The van der Waals surface area contributed by atoms with Gasteiger partial charge in [-0.3, -0.25) is 4.79 Å². The van der Waals surface area contributed by atoms with Crippen LogP contribution in [0.3, 0.4) is 0 Å². The highest BCUT2D eigenvalue weighted by Crippen LogP contribution is 2.33. The van der Waals surface area contributed by atoms with E-state index in [0.717, 1.165) is 40.8 Å². The number of anilines is 1. The summed E-state index contributed by atoms with van der Waals surface area (Å²) >= 11 is 0. The van der Waals surface area contributed by atoms with E-state index in [4.69, 9.17) is 5.73 Å². The molecule has 2 heterocycles. The van der Waals surface area contributed by atoms with Crippen molar-refractivity contribution in [2.45, 2.75) is 25.8 Å². The maximum atomic E-state index is 12.4. The molecule has 1 saturated carbocycles. The van der Waals surface area contributed by atoms with Crippen LogP contribution in [0.15, 0.2) is 36.8 Å². The second-order valence-corrected chi connectivity index (χ2v) is 7.90. The Morgan fingerprint density at radius 2 is 2.10 bits per heavy atom. The normalized spacial score (nSPS) is 13.5. The van der Waals surface area contributed by atoms with E-state index in [-0.39, 0.29) is 5.78 Å². The molecular formula is C23H25N5O. The number of nitrogens with zero attached hydrogens (tertiary/aromatic N) is 4. The van der Waals surface area contributed by atoms with Crippen LogP contribution < -0.4 is 5.73 Å². The van der Waals surface area contributed by atoms with E-state index in [9.17, 15) is 4.79 Å². The van der Waals surface area contributed by atoms with Crippen LogP contribution in [-0.2, 0) is 6.54 Å². The second kappa shape index (κ2) is 8.06. The minimum Gasteiger partial charge on any atom is -0.383 e. The van der Waals surface area contributed by atoms with Crippen molar-refractivity contribution in [3.8, 4) is 11.8 Å². The van der Waals surface area contributed by atoms with Crippen LogP contribution in [0.2, 0.25) is 0 Å². The van der Waals surface area contributed by atoms with Gasteiger partial charge in [-0.2, -0.15) is 0 Å². The van der Waals surface area contributed by atoms with Gasteiger partial charge < -0.3 is 15.2 Å². The molecule has 0 amide bonds. The van der Waals surface area contributed by atoms with Crippen LogP contribution in [0.25, 0.3) is 11.0 Å². The lowest BCUT2D eigenvalue weighted by atomic mass is 10.0. The predicted octanol–water partition coefficient (Wildman–Crippen LogP) is 2.96. The van der Waals surface area contributed by atoms with Gasteiger partial charge in [-0.15, -0.1) is 0 Å². The molecule has 0 spiro atoms. The Balaban J connectivity index is 1.65. The van der Waals surface area contributed by atoms with Gasteiger partial charge in [0, 0.05) is 36.8 Å². The molecule has 0 aliphatic heterocycles. The van der Waals surface area contributed by atoms with Gasteiger partial charge in [0.1, 0.15) is 17.8 Å². The number of nitrogen functional groups attached to an aromatic ring is 1. The van der Waals surface area contributed by atoms with Crippen molar-refractivity contribution in [2.75, 3.05) is 26.4 Å².